The Morgan fingerprint density at radius 2 is 1.32 bits per heavy atom. The quantitative estimate of drug-likeness (QED) is 0.450. The maximum Gasteiger partial charge on any atom is 0.115 e. The van der Waals surface area contributed by atoms with Gasteiger partial charge in [0.2, 0.25) is 0 Å². The van der Waals surface area contributed by atoms with Gasteiger partial charge < -0.3 is 5.11 Å². The van der Waals surface area contributed by atoms with E-state index in [1.165, 1.54) is 5.56 Å². The van der Waals surface area contributed by atoms with Crippen LogP contribution in [0.4, 0.5) is 0 Å². The molecule has 0 bridgehead atoms. The van der Waals surface area contributed by atoms with Crippen molar-refractivity contribution in [3.05, 3.63) is 82.5 Å². The standard InChI is InChI=1S/C21H14ClNOS/c22-18-5-1-14(2-6-18)20-11-17(16-9-10-25-13-16)12-21(23-20)15-3-7-19(24)8-4-15/h1-13,24H. The van der Waals surface area contributed by atoms with Crippen LogP contribution in [0.5, 0.6) is 5.75 Å². The first-order chi connectivity index (χ1) is 12.2. The first-order valence-corrected chi connectivity index (χ1v) is 9.11. The Morgan fingerprint density at radius 3 is 1.88 bits per heavy atom. The molecule has 4 rings (SSSR count). The molecule has 0 radical (unpaired) electrons. The van der Waals surface area contributed by atoms with Crippen LogP contribution < -0.4 is 0 Å². The van der Waals surface area contributed by atoms with E-state index >= 15 is 0 Å². The van der Waals surface area contributed by atoms with E-state index in [1.54, 1.807) is 23.5 Å². The number of rotatable bonds is 3. The highest BCUT2D eigenvalue weighted by Crippen LogP contribution is 2.32. The number of hydrogen-bond acceptors (Lipinski definition) is 3. The van der Waals surface area contributed by atoms with E-state index in [0.717, 1.165) is 28.1 Å². The minimum absolute atomic E-state index is 0.246. The topological polar surface area (TPSA) is 33.1 Å². The van der Waals surface area contributed by atoms with Crippen LogP contribution in [0.15, 0.2) is 77.5 Å². The maximum absolute atomic E-state index is 9.54. The van der Waals surface area contributed by atoms with Crippen molar-refractivity contribution in [3.8, 4) is 39.4 Å². The van der Waals surface area contributed by atoms with Gasteiger partial charge in [-0.2, -0.15) is 11.3 Å². The van der Waals surface area contributed by atoms with E-state index in [-0.39, 0.29) is 5.75 Å². The van der Waals surface area contributed by atoms with Gasteiger partial charge in [0.1, 0.15) is 5.75 Å². The molecule has 25 heavy (non-hydrogen) atoms. The van der Waals surface area contributed by atoms with Gasteiger partial charge in [0.15, 0.2) is 0 Å². The summed E-state index contributed by atoms with van der Waals surface area (Å²) in [5.74, 6) is 0.246. The fourth-order valence-electron chi connectivity index (χ4n) is 2.67. The molecule has 0 aliphatic heterocycles. The zero-order valence-corrected chi connectivity index (χ0v) is 14.8. The summed E-state index contributed by atoms with van der Waals surface area (Å²) in [6.07, 6.45) is 0. The average molecular weight is 364 g/mol. The predicted molar refractivity (Wildman–Crippen MR) is 105 cm³/mol. The molecule has 0 fully saturated rings. The zero-order valence-electron chi connectivity index (χ0n) is 13.2. The van der Waals surface area contributed by atoms with Gasteiger partial charge in [0.05, 0.1) is 11.4 Å². The summed E-state index contributed by atoms with van der Waals surface area (Å²) in [5.41, 5.74) is 6.02. The normalized spacial score (nSPS) is 10.8. The van der Waals surface area contributed by atoms with Crippen LogP contribution in [0.25, 0.3) is 33.6 Å². The van der Waals surface area contributed by atoms with Gasteiger partial charge in [-0.3, -0.25) is 0 Å². The molecule has 122 valence electrons. The fourth-order valence-corrected chi connectivity index (χ4v) is 3.47. The van der Waals surface area contributed by atoms with Gasteiger partial charge in [0, 0.05) is 16.1 Å². The third kappa shape index (κ3) is 3.43. The van der Waals surface area contributed by atoms with Gasteiger partial charge in [-0.05, 0) is 76.5 Å². The number of benzene rings is 2. The Bertz CT molecular complexity index is 930. The highest BCUT2D eigenvalue weighted by molar-refractivity contribution is 7.08. The molecular weight excluding hydrogens is 350 g/mol. The number of aromatic nitrogens is 1. The van der Waals surface area contributed by atoms with Gasteiger partial charge in [-0.25, -0.2) is 4.98 Å². The number of nitrogens with zero attached hydrogens (tertiary/aromatic N) is 1. The lowest BCUT2D eigenvalue weighted by molar-refractivity contribution is 0.475. The SMILES string of the molecule is Oc1ccc(-c2cc(-c3ccsc3)cc(-c3ccc(Cl)cc3)n2)cc1. The van der Waals surface area contributed by atoms with Crippen LogP contribution in [0.3, 0.4) is 0 Å². The van der Waals surface area contributed by atoms with E-state index in [9.17, 15) is 5.11 Å². The molecule has 0 aliphatic rings. The minimum atomic E-state index is 0.246. The predicted octanol–water partition coefficient (Wildman–Crippen LogP) is 6.50. The van der Waals surface area contributed by atoms with Crippen LogP contribution >= 0.6 is 22.9 Å². The van der Waals surface area contributed by atoms with E-state index in [2.05, 4.69) is 29.0 Å². The van der Waals surface area contributed by atoms with Crippen molar-refractivity contribution in [2.75, 3.05) is 0 Å². The second-order valence-corrected chi connectivity index (χ2v) is 6.91. The van der Waals surface area contributed by atoms with Crippen molar-refractivity contribution in [2.45, 2.75) is 0 Å². The third-order valence-corrected chi connectivity index (χ3v) is 4.92. The van der Waals surface area contributed by atoms with E-state index in [1.807, 2.05) is 36.4 Å². The van der Waals surface area contributed by atoms with Crippen molar-refractivity contribution in [3.63, 3.8) is 0 Å². The van der Waals surface area contributed by atoms with Crippen molar-refractivity contribution >= 4 is 22.9 Å². The van der Waals surface area contributed by atoms with Crippen molar-refractivity contribution < 1.29 is 5.11 Å². The molecule has 0 spiro atoms. The molecule has 4 aromatic rings. The number of aromatic hydroxyl groups is 1. The lowest BCUT2D eigenvalue weighted by Crippen LogP contribution is -1.90. The van der Waals surface area contributed by atoms with Crippen LogP contribution in [-0.2, 0) is 0 Å². The first kappa shape index (κ1) is 15.9. The molecule has 0 unspecified atom stereocenters. The molecule has 0 amide bonds. The lowest BCUT2D eigenvalue weighted by Gasteiger charge is -2.09. The van der Waals surface area contributed by atoms with E-state index in [0.29, 0.717) is 5.02 Å². The summed E-state index contributed by atoms with van der Waals surface area (Å²) in [7, 11) is 0. The van der Waals surface area contributed by atoms with Crippen molar-refractivity contribution in [1.82, 2.24) is 4.98 Å². The summed E-state index contributed by atoms with van der Waals surface area (Å²) < 4.78 is 0. The van der Waals surface area contributed by atoms with E-state index in [4.69, 9.17) is 16.6 Å². The Labute approximate surface area is 155 Å². The second kappa shape index (κ2) is 6.71. The molecular formula is C21H14ClNOS. The van der Waals surface area contributed by atoms with Gasteiger partial charge in [-0.1, -0.05) is 23.7 Å². The van der Waals surface area contributed by atoms with Crippen LogP contribution in [0.2, 0.25) is 5.02 Å². The zero-order chi connectivity index (χ0) is 17.2. The average Bonchev–Trinajstić information content (AvgIpc) is 3.17. The molecule has 0 saturated carbocycles. The number of phenolic OH excluding ortho intramolecular Hbond substituents is 1. The number of hydrogen-bond donors (Lipinski definition) is 1. The highest BCUT2D eigenvalue weighted by Gasteiger charge is 2.09. The molecule has 0 aliphatic carbocycles. The number of pyridine rings is 1. The molecule has 2 aromatic carbocycles. The largest absolute Gasteiger partial charge is 0.508 e. The Kier molecular flexibility index (Phi) is 4.26. The Morgan fingerprint density at radius 1 is 0.720 bits per heavy atom. The summed E-state index contributed by atoms with van der Waals surface area (Å²) in [5, 5.41) is 14.4. The van der Waals surface area contributed by atoms with Crippen molar-refractivity contribution in [2.24, 2.45) is 0 Å². The van der Waals surface area contributed by atoms with Crippen LogP contribution in [0, 0.1) is 0 Å². The summed E-state index contributed by atoms with van der Waals surface area (Å²) in [6, 6.07) is 21.1. The number of halogens is 1. The fraction of sp³-hybridized carbons (Fsp3) is 0. The maximum atomic E-state index is 9.54. The monoisotopic (exact) mass is 363 g/mol. The summed E-state index contributed by atoms with van der Waals surface area (Å²) >= 11 is 7.68. The first-order valence-electron chi connectivity index (χ1n) is 7.79. The Hall–Kier alpha value is -2.62. The van der Waals surface area contributed by atoms with Crippen LogP contribution in [0.1, 0.15) is 0 Å². The van der Waals surface area contributed by atoms with Gasteiger partial charge >= 0.3 is 0 Å². The smallest absolute Gasteiger partial charge is 0.115 e. The lowest BCUT2D eigenvalue weighted by atomic mass is 10.0. The molecule has 4 heteroatoms. The molecule has 2 nitrogen and oxygen atoms in total. The molecule has 2 heterocycles. The van der Waals surface area contributed by atoms with E-state index < -0.39 is 0 Å². The van der Waals surface area contributed by atoms with Gasteiger partial charge in [0.25, 0.3) is 0 Å². The highest BCUT2D eigenvalue weighted by atomic mass is 35.5. The molecule has 2 aromatic heterocycles. The van der Waals surface area contributed by atoms with Gasteiger partial charge in [-0.15, -0.1) is 0 Å². The van der Waals surface area contributed by atoms with Crippen molar-refractivity contribution in [1.29, 1.82) is 0 Å². The summed E-state index contributed by atoms with van der Waals surface area (Å²) in [6.45, 7) is 0. The molecule has 0 saturated heterocycles. The minimum Gasteiger partial charge on any atom is -0.508 e. The summed E-state index contributed by atoms with van der Waals surface area (Å²) in [4.78, 5) is 4.82. The molecule has 0 atom stereocenters. The second-order valence-electron chi connectivity index (χ2n) is 5.69. The Balaban J connectivity index is 1.88. The molecule has 1 N–H and O–H groups in total. The third-order valence-electron chi connectivity index (χ3n) is 3.98. The number of thiophene rings is 1. The van der Waals surface area contributed by atoms with Crippen LogP contribution in [-0.4, -0.2) is 10.1 Å². The number of phenols is 1.